The molecule has 3 heterocycles. The Morgan fingerprint density at radius 2 is 1.87 bits per heavy atom. The summed E-state index contributed by atoms with van der Waals surface area (Å²) in [6.07, 6.45) is 6.11. The first-order chi connectivity index (χ1) is 18.0. The third kappa shape index (κ3) is 6.61. The molecule has 0 aliphatic carbocycles. The number of carbonyl (C=O) groups excluding carboxylic acids is 2. The number of hydrogen-bond acceptors (Lipinski definition) is 5. The highest BCUT2D eigenvalue weighted by Gasteiger charge is 2.42. The summed E-state index contributed by atoms with van der Waals surface area (Å²) >= 11 is 0. The Bertz CT molecular complexity index is 986. The lowest BCUT2D eigenvalue weighted by atomic mass is 9.74. The summed E-state index contributed by atoms with van der Waals surface area (Å²) in [7, 11) is 0. The molecule has 4 rings (SSSR count). The fourth-order valence-corrected chi connectivity index (χ4v) is 6.50. The molecule has 3 aliphatic rings. The van der Waals surface area contributed by atoms with Crippen LogP contribution in [0.3, 0.4) is 0 Å². The maximum Gasteiger partial charge on any atom is 0.410 e. The van der Waals surface area contributed by atoms with Gasteiger partial charge in [-0.15, -0.1) is 0 Å². The Morgan fingerprint density at radius 3 is 2.47 bits per heavy atom. The third-order valence-electron chi connectivity index (χ3n) is 8.66. The zero-order valence-electron chi connectivity index (χ0n) is 24.0. The molecule has 0 bridgehead atoms. The van der Waals surface area contributed by atoms with Crippen LogP contribution in [0.2, 0.25) is 0 Å². The molecule has 2 atom stereocenters. The minimum absolute atomic E-state index is 0.0474. The van der Waals surface area contributed by atoms with Gasteiger partial charge in [-0.1, -0.05) is 19.4 Å². The number of hydrogen-bond donors (Lipinski definition) is 1. The summed E-state index contributed by atoms with van der Waals surface area (Å²) in [6, 6.07) is 6.61. The van der Waals surface area contributed by atoms with E-state index in [2.05, 4.69) is 29.0 Å². The summed E-state index contributed by atoms with van der Waals surface area (Å²) in [5.74, 6) is -0.320. The highest BCUT2D eigenvalue weighted by atomic mass is 19.1. The Kier molecular flexibility index (Phi) is 8.90. The van der Waals surface area contributed by atoms with Gasteiger partial charge in [0.25, 0.3) is 0 Å². The van der Waals surface area contributed by atoms with Gasteiger partial charge in [-0.3, -0.25) is 9.69 Å². The van der Waals surface area contributed by atoms with Crippen LogP contribution < -0.4 is 10.2 Å². The number of ether oxygens (including phenoxy) is 1. The van der Waals surface area contributed by atoms with Crippen molar-refractivity contribution in [2.24, 2.45) is 5.41 Å². The predicted octanol–water partition coefficient (Wildman–Crippen LogP) is 5.32. The average molecular weight is 531 g/mol. The van der Waals surface area contributed by atoms with Crippen LogP contribution in [0, 0.1) is 11.2 Å². The highest BCUT2D eigenvalue weighted by molar-refractivity contribution is 5.83. The first-order valence-electron chi connectivity index (χ1n) is 14.6. The normalized spacial score (nSPS) is 24.1. The topological polar surface area (TPSA) is 65.1 Å². The van der Waals surface area contributed by atoms with Gasteiger partial charge < -0.3 is 19.9 Å². The molecular formula is C30H47FN4O3. The van der Waals surface area contributed by atoms with E-state index in [-0.39, 0.29) is 24.4 Å². The van der Waals surface area contributed by atoms with Crippen molar-refractivity contribution in [2.45, 2.75) is 104 Å². The number of carbonyl (C=O) groups is 2. The monoisotopic (exact) mass is 530 g/mol. The molecular weight excluding hydrogens is 483 g/mol. The van der Waals surface area contributed by atoms with Crippen LogP contribution in [0.15, 0.2) is 18.2 Å². The molecule has 3 saturated heterocycles. The van der Waals surface area contributed by atoms with Gasteiger partial charge in [0.05, 0.1) is 5.41 Å². The Labute approximate surface area is 228 Å². The Morgan fingerprint density at radius 1 is 1.13 bits per heavy atom. The first-order valence-corrected chi connectivity index (χ1v) is 14.6. The van der Waals surface area contributed by atoms with E-state index < -0.39 is 11.0 Å². The maximum atomic E-state index is 15.1. The summed E-state index contributed by atoms with van der Waals surface area (Å²) in [4.78, 5) is 32.5. The number of amides is 2. The fraction of sp³-hybridized carbons (Fsp3) is 0.733. The van der Waals surface area contributed by atoms with E-state index in [1.165, 1.54) is 19.4 Å². The van der Waals surface area contributed by atoms with Crippen molar-refractivity contribution < 1.29 is 18.7 Å². The second kappa shape index (κ2) is 11.8. The number of benzene rings is 1. The molecule has 38 heavy (non-hydrogen) atoms. The summed E-state index contributed by atoms with van der Waals surface area (Å²) in [5.41, 5.74) is 0.336. The van der Waals surface area contributed by atoms with Crippen molar-refractivity contribution in [1.29, 1.82) is 0 Å². The minimum Gasteiger partial charge on any atom is -0.444 e. The zero-order chi connectivity index (χ0) is 27.5. The molecule has 0 unspecified atom stereocenters. The van der Waals surface area contributed by atoms with Gasteiger partial charge in [0.1, 0.15) is 11.4 Å². The predicted molar refractivity (Wildman–Crippen MR) is 149 cm³/mol. The second-order valence-electron chi connectivity index (χ2n) is 12.6. The second-order valence-corrected chi connectivity index (χ2v) is 12.6. The van der Waals surface area contributed by atoms with Crippen LogP contribution in [0.1, 0.15) is 85.1 Å². The molecule has 1 aromatic rings. The van der Waals surface area contributed by atoms with E-state index in [4.69, 9.17) is 4.74 Å². The van der Waals surface area contributed by atoms with Gasteiger partial charge in [-0.25, -0.2) is 9.18 Å². The standard InChI is InChI=1S/C30H47FN4O3/c1-6-12-30(13-17-33(18-14-30)28(37)38-29(3,4)5)27(36)32-20-23-9-10-24(19-26(23)31)34-16-11-25(21-34)35-15-7-8-22(35)2/h9-10,19,22,25H,6-8,11-18,20-21H2,1-5H3,(H,32,36)/t22-,25-/m0/s1. The molecule has 0 spiro atoms. The van der Waals surface area contributed by atoms with Gasteiger partial charge in [0, 0.05) is 56.1 Å². The van der Waals surface area contributed by atoms with Crippen LogP contribution in [-0.4, -0.2) is 72.2 Å². The Hall–Kier alpha value is -2.35. The number of nitrogens with one attached hydrogen (secondary N) is 1. The highest BCUT2D eigenvalue weighted by Crippen LogP contribution is 2.37. The van der Waals surface area contributed by atoms with Crippen molar-refractivity contribution >= 4 is 17.7 Å². The molecule has 3 aliphatic heterocycles. The number of halogens is 1. The molecule has 0 saturated carbocycles. The number of piperidine rings is 1. The van der Waals surface area contributed by atoms with E-state index >= 15 is 4.39 Å². The zero-order valence-corrected chi connectivity index (χ0v) is 24.0. The van der Waals surface area contributed by atoms with Crippen LogP contribution >= 0.6 is 0 Å². The summed E-state index contributed by atoms with van der Waals surface area (Å²) in [6.45, 7) is 14.1. The van der Waals surface area contributed by atoms with Crippen molar-refractivity contribution in [3.63, 3.8) is 0 Å². The average Bonchev–Trinajstić information content (AvgIpc) is 3.51. The molecule has 212 valence electrons. The first kappa shape index (κ1) is 28.7. The quantitative estimate of drug-likeness (QED) is 0.517. The van der Waals surface area contributed by atoms with Gasteiger partial charge in [0.2, 0.25) is 5.91 Å². The van der Waals surface area contributed by atoms with E-state index in [0.29, 0.717) is 43.6 Å². The SMILES string of the molecule is CCCC1(C(=O)NCc2ccc(N3CC[C@H](N4CCC[C@@H]4C)C3)cc2F)CCN(C(=O)OC(C)(C)C)CC1. The van der Waals surface area contributed by atoms with Crippen LogP contribution in [-0.2, 0) is 16.1 Å². The van der Waals surface area contributed by atoms with Gasteiger partial charge in [0.15, 0.2) is 0 Å². The maximum absolute atomic E-state index is 15.1. The molecule has 1 N–H and O–H groups in total. The van der Waals surface area contributed by atoms with E-state index in [0.717, 1.165) is 38.0 Å². The van der Waals surface area contributed by atoms with Crippen LogP contribution in [0.4, 0.5) is 14.9 Å². The van der Waals surface area contributed by atoms with Gasteiger partial charge in [-0.05, 0) is 84.9 Å². The van der Waals surface area contributed by atoms with Crippen molar-refractivity contribution in [2.75, 3.05) is 37.6 Å². The lowest BCUT2D eigenvalue weighted by Crippen LogP contribution is -2.50. The van der Waals surface area contributed by atoms with Crippen LogP contribution in [0.25, 0.3) is 0 Å². The largest absolute Gasteiger partial charge is 0.444 e. The summed E-state index contributed by atoms with van der Waals surface area (Å²) in [5, 5.41) is 3.02. The van der Waals surface area contributed by atoms with E-state index in [1.54, 1.807) is 11.0 Å². The molecule has 0 aromatic heterocycles. The minimum atomic E-state index is -0.547. The summed E-state index contributed by atoms with van der Waals surface area (Å²) < 4.78 is 20.6. The molecule has 0 radical (unpaired) electrons. The van der Waals surface area contributed by atoms with Crippen molar-refractivity contribution in [3.05, 3.63) is 29.6 Å². The molecule has 1 aromatic carbocycles. The molecule has 3 fully saturated rings. The molecule has 7 nitrogen and oxygen atoms in total. The third-order valence-corrected chi connectivity index (χ3v) is 8.66. The number of likely N-dealkylation sites (tertiary alicyclic amines) is 2. The van der Waals surface area contributed by atoms with E-state index in [1.807, 2.05) is 32.9 Å². The number of anilines is 1. The molecule has 8 heteroatoms. The number of rotatable bonds is 7. The van der Waals surface area contributed by atoms with Crippen LogP contribution in [0.5, 0.6) is 0 Å². The molecule has 2 amide bonds. The Balaban J connectivity index is 1.32. The number of nitrogens with zero attached hydrogens (tertiary/aromatic N) is 3. The van der Waals surface area contributed by atoms with E-state index in [9.17, 15) is 9.59 Å². The fourth-order valence-electron chi connectivity index (χ4n) is 6.50. The lowest BCUT2D eigenvalue weighted by molar-refractivity contribution is -0.134. The smallest absolute Gasteiger partial charge is 0.410 e. The van der Waals surface area contributed by atoms with Gasteiger partial charge in [-0.2, -0.15) is 0 Å². The van der Waals surface area contributed by atoms with Gasteiger partial charge >= 0.3 is 6.09 Å². The van der Waals surface area contributed by atoms with Crippen molar-refractivity contribution in [3.8, 4) is 0 Å². The lowest BCUT2D eigenvalue weighted by Gasteiger charge is -2.41. The van der Waals surface area contributed by atoms with Crippen molar-refractivity contribution in [1.82, 2.24) is 15.1 Å².